The molecule has 0 amide bonds. The number of halogens is 1. The van der Waals surface area contributed by atoms with Crippen LogP contribution in [0.4, 0.5) is 0 Å². The van der Waals surface area contributed by atoms with Gasteiger partial charge >= 0.3 is 0 Å². The highest BCUT2D eigenvalue weighted by molar-refractivity contribution is 6.32. The van der Waals surface area contributed by atoms with E-state index in [1.807, 2.05) is 18.2 Å². The molecule has 0 aliphatic carbocycles. The van der Waals surface area contributed by atoms with Crippen LogP contribution in [0.1, 0.15) is 18.4 Å². The van der Waals surface area contributed by atoms with Crippen LogP contribution >= 0.6 is 11.6 Å². The molecule has 1 aliphatic heterocycles. The molecule has 1 heterocycles. The number of nitrogens with zero attached hydrogens (tertiary/aromatic N) is 1. The Morgan fingerprint density at radius 2 is 2.11 bits per heavy atom. The van der Waals surface area contributed by atoms with Gasteiger partial charge in [-0.05, 0) is 56.6 Å². The molecule has 0 saturated carbocycles. The number of rotatable bonds is 4. The van der Waals surface area contributed by atoms with Gasteiger partial charge in [-0.3, -0.25) is 0 Å². The number of hydrogen-bond acceptors (Lipinski definition) is 3. The Hall–Kier alpha value is -0.770. The van der Waals surface area contributed by atoms with E-state index in [4.69, 9.17) is 22.1 Å². The van der Waals surface area contributed by atoms with E-state index in [2.05, 4.69) is 11.9 Å². The third-order valence-electron chi connectivity index (χ3n) is 3.54. The van der Waals surface area contributed by atoms with E-state index in [1.165, 1.54) is 12.8 Å². The van der Waals surface area contributed by atoms with Gasteiger partial charge in [-0.1, -0.05) is 17.7 Å². The monoisotopic (exact) mass is 268 g/mol. The van der Waals surface area contributed by atoms with E-state index < -0.39 is 0 Å². The molecular formula is C14H21ClN2O. The Morgan fingerprint density at radius 3 is 2.72 bits per heavy atom. The normalized spacial score (nSPS) is 17.9. The quantitative estimate of drug-likeness (QED) is 0.912. The van der Waals surface area contributed by atoms with Crippen LogP contribution in [-0.4, -0.2) is 31.6 Å². The van der Waals surface area contributed by atoms with Gasteiger partial charge in [0, 0.05) is 6.54 Å². The van der Waals surface area contributed by atoms with Crippen LogP contribution < -0.4 is 10.5 Å². The predicted octanol–water partition coefficient (Wildman–Crippen LogP) is 2.52. The Balaban J connectivity index is 1.86. The SMILES string of the molecule is CN1CCC(COc2ccc(CN)cc2Cl)CC1. The lowest BCUT2D eigenvalue weighted by Crippen LogP contribution is -2.32. The standard InChI is InChI=1S/C14H21ClN2O/c1-17-6-4-11(5-7-17)10-18-14-3-2-12(9-16)8-13(14)15/h2-3,8,11H,4-7,9-10,16H2,1H3. The van der Waals surface area contributed by atoms with Gasteiger partial charge in [-0.15, -0.1) is 0 Å². The van der Waals surface area contributed by atoms with Gasteiger partial charge in [-0.25, -0.2) is 0 Å². The zero-order chi connectivity index (χ0) is 13.0. The minimum atomic E-state index is 0.509. The highest BCUT2D eigenvalue weighted by atomic mass is 35.5. The van der Waals surface area contributed by atoms with Crippen LogP contribution in [0.5, 0.6) is 5.75 Å². The smallest absolute Gasteiger partial charge is 0.137 e. The highest BCUT2D eigenvalue weighted by Crippen LogP contribution is 2.27. The van der Waals surface area contributed by atoms with Crippen molar-refractivity contribution >= 4 is 11.6 Å². The first-order chi connectivity index (χ1) is 8.69. The largest absolute Gasteiger partial charge is 0.492 e. The van der Waals surface area contributed by atoms with E-state index in [1.54, 1.807) is 0 Å². The Kier molecular flexibility index (Phi) is 4.87. The second-order valence-electron chi connectivity index (χ2n) is 5.03. The Bertz CT molecular complexity index is 389. The minimum Gasteiger partial charge on any atom is -0.492 e. The van der Waals surface area contributed by atoms with Crippen LogP contribution in [0.2, 0.25) is 5.02 Å². The molecule has 1 aromatic rings. The van der Waals surface area contributed by atoms with Gasteiger partial charge < -0.3 is 15.4 Å². The molecule has 18 heavy (non-hydrogen) atoms. The maximum Gasteiger partial charge on any atom is 0.137 e. The zero-order valence-electron chi connectivity index (χ0n) is 10.9. The molecule has 3 nitrogen and oxygen atoms in total. The average Bonchev–Trinajstić information content (AvgIpc) is 2.39. The average molecular weight is 269 g/mol. The van der Waals surface area contributed by atoms with Crippen LogP contribution in [0.25, 0.3) is 0 Å². The summed E-state index contributed by atoms with van der Waals surface area (Å²) in [5.41, 5.74) is 6.60. The summed E-state index contributed by atoms with van der Waals surface area (Å²) in [5, 5.41) is 0.658. The molecule has 1 saturated heterocycles. The topological polar surface area (TPSA) is 38.5 Å². The van der Waals surface area contributed by atoms with Crippen molar-refractivity contribution in [2.75, 3.05) is 26.7 Å². The van der Waals surface area contributed by atoms with Crippen molar-refractivity contribution in [2.24, 2.45) is 11.7 Å². The van der Waals surface area contributed by atoms with Crippen molar-refractivity contribution in [2.45, 2.75) is 19.4 Å². The fourth-order valence-electron chi connectivity index (χ4n) is 2.22. The lowest BCUT2D eigenvalue weighted by molar-refractivity contribution is 0.160. The van der Waals surface area contributed by atoms with Crippen molar-refractivity contribution in [3.05, 3.63) is 28.8 Å². The van der Waals surface area contributed by atoms with Crippen molar-refractivity contribution < 1.29 is 4.74 Å². The van der Waals surface area contributed by atoms with Gasteiger partial charge in [0.2, 0.25) is 0 Å². The molecule has 0 unspecified atom stereocenters. The van der Waals surface area contributed by atoms with E-state index in [0.29, 0.717) is 17.5 Å². The number of benzene rings is 1. The summed E-state index contributed by atoms with van der Waals surface area (Å²) in [5.74, 6) is 1.42. The highest BCUT2D eigenvalue weighted by Gasteiger charge is 2.17. The number of ether oxygens (including phenoxy) is 1. The zero-order valence-corrected chi connectivity index (χ0v) is 11.6. The third-order valence-corrected chi connectivity index (χ3v) is 3.84. The fourth-order valence-corrected chi connectivity index (χ4v) is 2.48. The lowest BCUT2D eigenvalue weighted by atomic mass is 9.98. The summed E-state index contributed by atoms with van der Waals surface area (Å²) < 4.78 is 5.82. The molecule has 4 heteroatoms. The third kappa shape index (κ3) is 3.61. The number of likely N-dealkylation sites (tertiary alicyclic amines) is 1. The minimum absolute atomic E-state index is 0.509. The predicted molar refractivity (Wildman–Crippen MR) is 75.1 cm³/mol. The first-order valence-corrected chi connectivity index (χ1v) is 6.86. The van der Waals surface area contributed by atoms with Gasteiger partial charge in [0.15, 0.2) is 0 Å². The molecule has 100 valence electrons. The Labute approximate surface area is 114 Å². The van der Waals surface area contributed by atoms with Gasteiger partial charge in [0.05, 0.1) is 11.6 Å². The van der Waals surface area contributed by atoms with E-state index in [-0.39, 0.29) is 0 Å². The molecule has 0 spiro atoms. The van der Waals surface area contributed by atoms with Gasteiger partial charge in [0.25, 0.3) is 0 Å². The summed E-state index contributed by atoms with van der Waals surface area (Å²) >= 11 is 6.16. The summed E-state index contributed by atoms with van der Waals surface area (Å²) in [6, 6.07) is 5.76. The maximum absolute atomic E-state index is 6.16. The molecule has 2 rings (SSSR count). The van der Waals surface area contributed by atoms with Crippen molar-refractivity contribution in [3.8, 4) is 5.75 Å². The number of piperidine rings is 1. The number of hydrogen-bond donors (Lipinski definition) is 1. The van der Waals surface area contributed by atoms with Crippen molar-refractivity contribution in [3.63, 3.8) is 0 Å². The van der Waals surface area contributed by atoms with E-state index in [9.17, 15) is 0 Å². The van der Waals surface area contributed by atoms with E-state index in [0.717, 1.165) is 31.0 Å². The molecule has 1 aliphatic rings. The number of nitrogens with two attached hydrogens (primary N) is 1. The molecule has 1 aromatic carbocycles. The van der Waals surface area contributed by atoms with Crippen molar-refractivity contribution in [1.82, 2.24) is 4.90 Å². The first kappa shape index (κ1) is 13.7. The molecule has 2 N–H and O–H groups in total. The van der Waals surface area contributed by atoms with Crippen LogP contribution in [-0.2, 0) is 6.54 Å². The fraction of sp³-hybridized carbons (Fsp3) is 0.571. The second kappa shape index (κ2) is 6.41. The summed E-state index contributed by atoms with van der Waals surface area (Å²) in [6.45, 7) is 3.59. The van der Waals surface area contributed by atoms with Gasteiger partial charge in [-0.2, -0.15) is 0 Å². The van der Waals surface area contributed by atoms with E-state index >= 15 is 0 Å². The molecule has 1 fully saturated rings. The second-order valence-corrected chi connectivity index (χ2v) is 5.43. The first-order valence-electron chi connectivity index (χ1n) is 6.49. The molecule has 0 bridgehead atoms. The molecule has 0 atom stereocenters. The van der Waals surface area contributed by atoms with Gasteiger partial charge in [0.1, 0.15) is 5.75 Å². The van der Waals surface area contributed by atoms with Crippen molar-refractivity contribution in [1.29, 1.82) is 0 Å². The molecular weight excluding hydrogens is 248 g/mol. The summed E-state index contributed by atoms with van der Waals surface area (Å²) in [4.78, 5) is 2.36. The molecule has 0 radical (unpaired) electrons. The maximum atomic E-state index is 6.16. The molecule has 0 aromatic heterocycles. The van der Waals surface area contributed by atoms with Crippen LogP contribution in [0.15, 0.2) is 18.2 Å². The summed E-state index contributed by atoms with van der Waals surface area (Å²) in [6.07, 6.45) is 2.41. The van der Waals surface area contributed by atoms with Crippen LogP contribution in [0.3, 0.4) is 0 Å². The van der Waals surface area contributed by atoms with Crippen LogP contribution in [0, 0.1) is 5.92 Å². The lowest BCUT2D eigenvalue weighted by Gasteiger charge is -2.28. The summed E-state index contributed by atoms with van der Waals surface area (Å²) in [7, 11) is 2.17. The Morgan fingerprint density at radius 1 is 1.39 bits per heavy atom.